The third-order valence-corrected chi connectivity index (χ3v) is 5.64. The van der Waals surface area contributed by atoms with E-state index in [-0.39, 0.29) is 23.9 Å². The molecule has 3 rings (SSSR count). The predicted octanol–water partition coefficient (Wildman–Crippen LogP) is 3.45. The molecule has 2 aliphatic rings. The lowest BCUT2D eigenvalue weighted by atomic mass is 9.82. The number of rotatable bonds is 2. The summed E-state index contributed by atoms with van der Waals surface area (Å²) >= 11 is 0. The summed E-state index contributed by atoms with van der Waals surface area (Å²) < 4.78 is 0. The van der Waals surface area contributed by atoms with E-state index in [0.29, 0.717) is 6.54 Å². The van der Waals surface area contributed by atoms with Crippen LogP contribution in [0.5, 0.6) is 0 Å². The molecule has 0 spiro atoms. The van der Waals surface area contributed by atoms with E-state index in [1.165, 1.54) is 0 Å². The van der Waals surface area contributed by atoms with E-state index in [0.717, 1.165) is 70.0 Å². The molecule has 0 radical (unpaired) electrons. The van der Waals surface area contributed by atoms with Gasteiger partial charge in [0.2, 0.25) is 5.91 Å². The molecular formula is C21H31N3O2. The van der Waals surface area contributed by atoms with Gasteiger partial charge < -0.3 is 15.5 Å². The summed E-state index contributed by atoms with van der Waals surface area (Å²) in [5.41, 5.74) is 1.09. The third kappa shape index (κ3) is 4.99. The van der Waals surface area contributed by atoms with Gasteiger partial charge in [0.05, 0.1) is 5.92 Å². The van der Waals surface area contributed by atoms with E-state index >= 15 is 0 Å². The Morgan fingerprint density at radius 1 is 1.04 bits per heavy atom. The minimum absolute atomic E-state index is 0.0256. The summed E-state index contributed by atoms with van der Waals surface area (Å²) in [6, 6.07) is 9.97. The highest BCUT2D eigenvalue weighted by atomic mass is 16.2. The molecule has 142 valence electrons. The monoisotopic (exact) mass is 357 g/mol. The fraction of sp³-hybridized carbons (Fsp3) is 0.619. The van der Waals surface area contributed by atoms with Gasteiger partial charge in [-0.3, -0.25) is 4.79 Å². The number of carbonyl (C=O) groups excluding carboxylic acids is 2. The largest absolute Gasteiger partial charge is 0.356 e. The zero-order valence-corrected chi connectivity index (χ0v) is 15.6. The van der Waals surface area contributed by atoms with Gasteiger partial charge in [-0.1, -0.05) is 56.0 Å². The molecule has 2 fully saturated rings. The maximum absolute atomic E-state index is 13.0. The van der Waals surface area contributed by atoms with Crippen molar-refractivity contribution in [3.05, 3.63) is 35.9 Å². The third-order valence-electron chi connectivity index (χ3n) is 5.64. The molecular weight excluding hydrogens is 326 g/mol. The van der Waals surface area contributed by atoms with Crippen LogP contribution in [0.4, 0.5) is 4.79 Å². The van der Waals surface area contributed by atoms with Gasteiger partial charge in [-0.15, -0.1) is 0 Å². The van der Waals surface area contributed by atoms with Crippen LogP contribution in [0.2, 0.25) is 0 Å². The zero-order chi connectivity index (χ0) is 18.2. The predicted molar refractivity (Wildman–Crippen MR) is 103 cm³/mol. The van der Waals surface area contributed by atoms with Crippen LogP contribution in [0.1, 0.15) is 56.9 Å². The first-order valence-electron chi connectivity index (χ1n) is 10.1. The van der Waals surface area contributed by atoms with Gasteiger partial charge >= 0.3 is 6.03 Å². The number of hydrogen-bond acceptors (Lipinski definition) is 2. The van der Waals surface area contributed by atoms with E-state index in [2.05, 4.69) is 10.6 Å². The summed E-state index contributed by atoms with van der Waals surface area (Å²) in [6.45, 7) is 2.04. The summed E-state index contributed by atoms with van der Waals surface area (Å²) in [7, 11) is 0. The van der Waals surface area contributed by atoms with Crippen LogP contribution < -0.4 is 10.6 Å². The molecule has 1 aliphatic heterocycles. The molecule has 1 saturated carbocycles. The average Bonchev–Trinajstić information content (AvgIpc) is 2.72. The first-order valence-corrected chi connectivity index (χ1v) is 10.1. The van der Waals surface area contributed by atoms with Crippen LogP contribution in [0, 0.1) is 5.92 Å². The fourth-order valence-corrected chi connectivity index (χ4v) is 4.19. The molecule has 0 bridgehead atoms. The smallest absolute Gasteiger partial charge is 0.317 e. The molecule has 5 nitrogen and oxygen atoms in total. The summed E-state index contributed by atoms with van der Waals surface area (Å²) in [5, 5.41) is 6.17. The second-order valence-electron chi connectivity index (χ2n) is 7.50. The number of nitrogens with one attached hydrogen (secondary N) is 2. The number of hydrogen-bond donors (Lipinski definition) is 2. The van der Waals surface area contributed by atoms with Gasteiger partial charge in [-0.25, -0.2) is 4.79 Å². The van der Waals surface area contributed by atoms with Crippen molar-refractivity contribution in [2.45, 2.75) is 64.0 Å². The Morgan fingerprint density at radius 3 is 2.65 bits per heavy atom. The molecule has 1 aromatic carbocycles. The Hall–Kier alpha value is -2.04. The summed E-state index contributed by atoms with van der Waals surface area (Å²) in [5.74, 6) is 0.0711. The number of benzene rings is 1. The Bertz CT molecular complexity index is 590. The molecule has 1 aliphatic carbocycles. The minimum Gasteiger partial charge on any atom is -0.356 e. The average molecular weight is 357 g/mol. The van der Waals surface area contributed by atoms with Crippen molar-refractivity contribution < 1.29 is 9.59 Å². The lowest BCUT2D eigenvalue weighted by Crippen LogP contribution is -2.53. The highest BCUT2D eigenvalue weighted by Crippen LogP contribution is 2.29. The van der Waals surface area contributed by atoms with Crippen molar-refractivity contribution >= 4 is 11.9 Å². The molecule has 0 unspecified atom stereocenters. The topological polar surface area (TPSA) is 61.4 Å². The van der Waals surface area contributed by atoms with Crippen LogP contribution in [0.15, 0.2) is 30.3 Å². The SMILES string of the molecule is O=C1NCCCCCCN(C(=O)NCc2ccccc2)[C@H]2CCCC[C@@H]12. The van der Waals surface area contributed by atoms with Gasteiger partial charge in [-0.2, -0.15) is 0 Å². The van der Waals surface area contributed by atoms with E-state index in [1.54, 1.807) is 0 Å². The Balaban J connectivity index is 1.71. The molecule has 0 aromatic heterocycles. The van der Waals surface area contributed by atoms with Gasteiger partial charge in [0.15, 0.2) is 0 Å². The number of urea groups is 1. The molecule has 5 heteroatoms. The van der Waals surface area contributed by atoms with Crippen molar-refractivity contribution in [3.8, 4) is 0 Å². The van der Waals surface area contributed by atoms with Crippen molar-refractivity contribution in [2.24, 2.45) is 5.92 Å². The van der Waals surface area contributed by atoms with Gasteiger partial charge in [-0.05, 0) is 31.2 Å². The maximum Gasteiger partial charge on any atom is 0.317 e. The first kappa shape index (κ1) is 18.7. The Labute approximate surface area is 156 Å². The van der Waals surface area contributed by atoms with Crippen LogP contribution in [0.25, 0.3) is 0 Å². The quantitative estimate of drug-likeness (QED) is 0.852. The van der Waals surface area contributed by atoms with Crippen molar-refractivity contribution in [1.29, 1.82) is 0 Å². The van der Waals surface area contributed by atoms with Crippen LogP contribution in [0.3, 0.4) is 0 Å². The van der Waals surface area contributed by atoms with Crippen molar-refractivity contribution in [2.75, 3.05) is 13.1 Å². The standard InChI is InChI=1S/C21H31N3O2/c25-20-18-12-6-7-13-19(18)24(15-9-2-1-8-14-22-20)21(26)23-16-17-10-4-3-5-11-17/h3-5,10-11,18-19H,1-2,6-9,12-16H2,(H,22,25)(H,23,26)/t18-,19+/m1/s1. The number of carbonyl (C=O) groups is 2. The normalized spacial score (nSPS) is 24.8. The van der Waals surface area contributed by atoms with Gasteiger partial charge in [0.25, 0.3) is 0 Å². The fourth-order valence-electron chi connectivity index (χ4n) is 4.19. The lowest BCUT2D eigenvalue weighted by Gasteiger charge is -2.39. The number of nitrogens with zero attached hydrogens (tertiary/aromatic N) is 1. The van der Waals surface area contributed by atoms with Crippen LogP contribution in [-0.2, 0) is 11.3 Å². The van der Waals surface area contributed by atoms with Crippen molar-refractivity contribution in [3.63, 3.8) is 0 Å². The van der Waals surface area contributed by atoms with Gasteiger partial charge in [0.1, 0.15) is 0 Å². The van der Waals surface area contributed by atoms with E-state index in [1.807, 2.05) is 35.2 Å². The number of amides is 3. The minimum atomic E-state index is -0.0654. The van der Waals surface area contributed by atoms with Crippen LogP contribution >= 0.6 is 0 Å². The molecule has 26 heavy (non-hydrogen) atoms. The molecule has 2 N–H and O–H groups in total. The summed E-state index contributed by atoms with van der Waals surface area (Å²) in [4.78, 5) is 27.6. The maximum atomic E-state index is 13.0. The highest BCUT2D eigenvalue weighted by Gasteiger charge is 2.36. The van der Waals surface area contributed by atoms with Gasteiger partial charge in [0, 0.05) is 25.7 Å². The summed E-state index contributed by atoms with van der Waals surface area (Å²) in [6.07, 6.45) is 8.24. The molecule has 3 amide bonds. The molecule has 1 saturated heterocycles. The molecule has 2 atom stereocenters. The Morgan fingerprint density at radius 2 is 1.81 bits per heavy atom. The molecule has 1 heterocycles. The van der Waals surface area contributed by atoms with E-state index in [9.17, 15) is 9.59 Å². The second kappa shape index (κ2) is 9.60. The Kier molecular flexibility index (Phi) is 6.92. The lowest BCUT2D eigenvalue weighted by molar-refractivity contribution is -0.127. The van der Waals surface area contributed by atoms with Crippen molar-refractivity contribution in [1.82, 2.24) is 15.5 Å². The first-order chi connectivity index (χ1) is 12.8. The number of fused-ring (bicyclic) bond motifs is 1. The van der Waals surface area contributed by atoms with E-state index < -0.39 is 0 Å². The van der Waals surface area contributed by atoms with Crippen LogP contribution in [-0.4, -0.2) is 36.0 Å². The molecule has 1 aromatic rings. The van der Waals surface area contributed by atoms with E-state index in [4.69, 9.17) is 0 Å². The second-order valence-corrected chi connectivity index (χ2v) is 7.50. The highest BCUT2D eigenvalue weighted by molar-refractivity contribution is 5.81. The zero-order valence-electron chi connectivity index (χ0n) is 15.6.